The van der Waals surface area contributed by atoms with Crippen LogP contribution >= 0.6 is 27.5 Å². The van der Waals surface area contributed by atoms with Gasteiger partial charge in [0.1, 0.15) is 5.82 Å². The molecule has 0 N–H and O–H groups in total. The van der Waals surface area contributed by atoms with Gasteiger partial charge in [-0.1, -0.05) is 15.9 Å². The fraction of sp³-hybridized carbons (Fsp3) is 0.462. The molecule has 0 saturated carbocycles. The molecule has 0 spiro atoms. The van der Waals surface area contributed by atoms with Crippen LogP contribution in [-0.4, -0.2) is 35.1 Å². The fourth-order valence-corrected chi connectivity index (χ4v) is 2.47. The van der Waals surface area contributed by atoms with Gasteiger partial charge in [0, 0.05) is 17.6 Å². The Hall–Kier alpha value is -0.580. The zero-order chi connectivity index (χ0) is 13.3. The van der Waals surface area contributed by atoms with E-state index in [2.05, 4.69) is 50.5 Å². The van der Waals surface area contributed by atoms with Crippen LogP contribution in [0.3, 0.4) is 0 Å². The second kappa shape index (κ2) is 5.59. The summed E-state index contributed by atoms with van der Waals surface area (Å²) >= 11 is 9.73. The molecule has 1 aromatic heterocycles. The molecule has 0 bridgehead atoms. The highest BCUT2D eigenvalue weighted by Gasteiger charge is 2.14. The number of fused-ring (bicyclic) bond motifs is 1. The average Bonchev–Trinajstić information content (AvgIpc) is 2.64. The highest BCUT2D eigenvalue weighted by molar-refractivity contribution is 9.10. The van der Waals surface area contributed by atoms with Crippen molar-refractivity contribution in [1.29, 1.82) is 0 Å². The van der Waals surface area contributed by atoms with Crippen LogP contribution < -0.4 is 0 Å². The summed E-state index contributed by atoms with van der Waals surface area (Å²) < 4.78 is 3.27. The van der Waals surface area contributed by atoms with E-state index in [9.17, 15) is 0 Å². The first-order valence-electron chi connectivity index (χ1n) is 5.93. The summed E-state index contributed by atoms with van der Waals surface area (Å²) in [7, 11) is 4.14. The van der Waals surface area contributed by atoms with Crippen LogP contribution in [-0.2, 0) is 6.54 Å². The van der Waals surface area contributed by atoms with Gasteiger partial charge in [-0.15, -0.1) is 11.6 Å². The van der Waals surface area contributed by atoms with E-state index in [4.69, 9.17) is 11.6 Å². The minimum Gasteiger partial charge on any atom is -0.325 e. The number of nitrogens with zero attached hydrogens (tertiary/aromatic N) is 3. The van der Waals surface area contributed by atoms with Crippen LogP contribution in [0.5, 0.6) is 0 Å². The zero-order valence-electron chi connectivity index (χ0n) is 10.8. The number of imidazole rings is 1. The van der Waals surface area contributed by atoms with Crippen LogP contribution in [0, 0.1) is 0 Å². The molecular weight excluding hydrogens is 314 g/mol. The summed E-state index contributed by atoms with van der Waals surface area (Å²) in [6.45, 7) is 3.82. The smallest absolute Gasteiger partial charge is 0.127 e. The number of halogens is 2. The molecule has 98 valence electrons. The lowest BCUT2D eigenvalue weighted by Gasteiger charge is -2.14. The maximum absolute atomic E-state index is 6.23. The number of aromatic nitrogens is 2. The number of hydrogen-bond acceptors (Lipinski definition) is 2. The minimum atomic E-state index is -0.0849. The van der Waals surface area contributed by atoms with E-state index in [1.165, 1.54) is 0 Å². The van der Waals surface area contributed by atoms with Gasteiger partial charge < -0.3 is 9.47 Å². The highest BCUT2D eigenvalue weighted by atomic mass is 79.9. The summed E-state index contributed by atoms with van der Waals surface area (Å²) in [4.78, 5) is 6.78. The van der Waals surface area contributed by atoms with Crippen molar-refractivity contribution in [2.24, 2.45) is 0 Å². The Bertz CT molecular complexity index is 548. The van der Waals surface area contributed by atoms with Crippen molar-refractivity contribution in [3.05, 3.63) is 28.5 Å². The van der Waals surface area contributed by atoms with Gasteiger partial charge in [0.25, 0.3) is 0 Å². The van der Waals surface area contributed by atoms with Crippen LogP contribution in [0.4, 0.5) is 0 Å². The normalized spacial score (nSPS) is 13.4. The number of rotatable bonds is 4. The molecule has 0 radical (unpaired) electrons. The molecule has 2 rings (SSSR count). The Balaban J connectivity index is 2.50. The van der Waals surface area contributed by atoms with Gasteiger partial charge in [0.15, 0.2) is 0 Å². The molecule has 2 aromatic rings. The number of alkyl halides is 1. The van der Waals surface area contributed by atoms with Crippen molar-refractivity contribution in [1.82, 2.24) is 14.5 Å². The predicted molar refractivity (Wildman–Crippen MR) is 80.3 cm³/mol. The second-order valence-electron chi connectivity index (χ2n) is 4.67. The van der Waals surface area contributed by atoms with Gasteiger partial charge in [-0.3, -0.25) is 0 Å². The van der Waals surface area contributed by atoms with Crippen LogP contribution in [0.1, 0.15) is 18.1 Å². The highest BCUT2D eigenvalue weighted by Crippen LogP contribution is 2.26. The van der Waals surface area contributed by atoms with Crippen molar-refractivity contribution in [2.75, 3.05) is 20.6 Å². The molecule has 5 heteroatoms. The van der Waals surface area contributed by atoms with E-state index in [1.54, 1.807) is 0 Å². The van der Waals surface area contributed by atoms with Gasteiger partial charge in [0.2, 0.25) is 0 Å². The van der Waals surface area contributed by atoms with Crippen LogP contribution in [0.2, 0.25) is 0 Å². The van der Waals surface area contributed by atoms with E-state index in [1.807, 2.05) is 19.1 Å². The second-order valence-corrected chi connectivity index (χ2v) is 6.24. The third-order valence-corrected chi connectivity index (χ3v) is 3.55. The van der Waals surface area contributed by atoms with E-state index >= 15 is 0 Å². The van der Waals surface area contributed by atoms with Crippen LogP contribution in [0.15, 0.2) is 22.7 Å². The lowest BCUT2D eigenvalue weighted by Crippen LogP contribution is -2.19. The molecule has 0 saturated heterocycles. The monoisotopic (exact) mass is 329 g/mol. The van der Waals surface area contributed by atoms with Gasteiger partial charge in [-0.2, -0.15) is 0 Å². The summed E-state index contributed by atoms with van der Waals surface area (Å²) in [5.41, 5.74) is 2.13. The molecule has 1 heterocycles. The van der Waals surface area contributed by atoms with Crippen molar-refractivity contribution >= 4 is 38.6 Å². The quantitative estimate of drug-likeness (QED) is 0.798. The zero-order valence-corrected chi connectivity index (χ0v) is 13.2. The molecule has 1 unspecified atom stereocenters. The summed E-state index contributed by atoms with van der Waals surface area (Å²) in [6, 6.07) is 6.13. The van der Waals surface area contributed by atoms with Crippen molar-refractivity contribution < 1.29 is 0 Å². The molecule has 0 aliphatic rings. The molecule has 3 nitrogen and oxygen atoms in total. The average molecular weight is 331 g/mol. The molecule has 0 amide bonds. The number of hydrogen-bond donors (Lipinski definition) is 0. The Morgan fingerprint density at radius 1 is 1.44 bits per heavy atom. The van der Waals surface area contributed by atoms with Gasteiger partial charge in [-0.25, -0.2) is 4.98 Å². The SMILES string of the molecule is CC(Cl)c1nc2ccc(Br)cc2n1CCN(C)C. The fourth-order valence-electron chi connectivity index (χ4n) is 1.95. The maximum atomic E-state index is 6.23. The molecule has 1 aromatic carbocycles. The lowest BCUT2D eigenvalue weighted by molar-refractivity contribution is 0.383. The van der Waals surface area contributed by atoms with E-state index < -0.39 is 0 Å². The van der Waals surface area contributed by atoms with Gasteiger partial charge in [0.05, 0.1) is 16.4 Å². The van der Waals surface area contributed by atoms with Crippen molar-refractivity contribution in [2.45, 2.75) is 18.8 Å². The predicted octanol–water partition coefficient (Wildman–Crippen LogP) is 3.66. The van der Waals surface area contributed by atoms with Crippen LogP contribution in [0.25, 0.3) is 11.0 Å². The number of benzene rings is 1. The van der Waals surface area contributed by atoms with Crippen molar-refractivity contribution in [3.8, 4) is 0 Å². The first-order valence-corrected chi connectivity index (χ1v) is 7.16. The lowest BCUT2D eigenvalue weighted by atomic mass is 10.3. The molecular formula is C13H17BrClN3. The Morgan fingerprint density at radius 3 is 2.78 bits per heavy atom. The first kappa shape index (κ1) is 13.8. The number of likely N-dealkylation sites (N-methyl/N-ethyl adjacent to an activating group) is 1. The summed E-state index contributed by atoms with van der Waals surface area (Å²) in [5.74, 6) is 0.937. The molecule has 0 aliphatic heterocycles. The molecule has 0 fully saturated rings. The third kappa shape index (κ3) is 2.87. The Morgan fingerprint density at radius 2 is 2.17 bits per heavy atom. The first-order chi connectivity index (χ1) is 8.49. The summed E-state index contributed by atoms with van der Waals surface area (Å²) in [6.07, 6.45) is 0. The molecule has 18 heavy (non-hydrogen) atoms. The van der Waals surface area contributed by atoms with E-state index in [-0.39, 0.29) is 5.38 Å². The maximum Gasteiger partial charge on any atom is 0.127 e. The van der Waals surface area contributed by atoms with E-state index in [0.717, 1.165) is 34.4 Å². The molecule has 1 atom stereocenters. The summed E-state index contributed by atoms with van der Waals surface area (Å²) in [5, 5.41) is -0.0849. The topological polar surface area (TPSA) is 21.1 Å². The third-order valence-electron chi connectivity index (χ3n) is 2.87. The molecule has 0 aliphatic carbocycles. The van der Waals surface area contributed by atoms with Crippen molar-refractivity contribution in [3.63, 3.8) is 0 Å². The largest absolute Gasteiger partial charge is 0.325 e. The Kier molecular flexibility index (Phi) is 4.30. The van der Waals surface area contributed by atoms with Gasteiger partial charge in [-0.05, 0) is 39.2 Å². The van der Waals surface area contributed by atoms with Gasteiger partial charge >= 0.3 is 0 Å². The standard InChI is InChI=1S/C13H17BrClN3/c1-9(15)13-16-11-5-4-10(14)8-12(11)18(13)7-6-17(2)3/h4-5,8-9H,6-7H2,1-3H3. The minimum absolute atomic E-state index is 0.0849. The van der Waals surface area contributed by atoms with E-state index in [0.29, 0.717) is 0 Å². The Labute approximate surface area is 121 Å².